The predicted molar refractivity (Wildman–Crippen MR) is 96.9 cm³/mol. The largest absolute Gasteiger partial charge is 0.326 e. The van der Waals surface area contributed by atoms with Gasteiger partial charge in [0.2, 0.25) is 5.91 Å². The predicted octanol–water partition coefficient (Wildman–Crippen LogP) is 5.38. The zero-order valence-corrected chi connectivity index (χ0v) is 15.4. The lowest BCUT2D eigenvalue weighted by Crippen LogP contribution is -2.30. The smallest absolute Gasteiger partial charge is 0.223 e. The lowest BCUT2D eigenvalue weighted by molar-refractivity contribution is -0.131. The summed E-state index contributed by atoms with van der Waals surface area (Å²) in [6.07, 6.45) is 8.60. The van der Waals surface area contributed by atoms with Crippen molar-refractivity contribution in [1.29, 1.82) is 0 Å². The molecule has 1 saturated carbocycles. The van der Waals surface area contributed by atoms with Gasteiger partial charge in [-0.05, 0) is 30.0 Å². The SMILES string of the molecule is O=C(CCC1CCCCC1)N1CCSC1c1ccc(Br)cc1. The average molecular weight is 382 g/mol. The molecule has 1 amide bonds. The molecule has 2 fully saturated rings. The summed E-state index contributed by atoms with van der Waals surface area (Å²) in [5.41, 5.74) is 1.25. The Hall–Kier alpha value is -0.480. The second kappa shape index (κ2) is 7.87. The van der Waals surface area contributed by atoms with E-state index in [0.717, 1.165) is 35.5 Å². The molecule has 1 saturated heterocycles. The average Bonchev–Trinajstić information content (AvgIpc) is 3.04. The molecule has 1 aromatic rings. The molecule has 1 heterocycles. The number of hydrogen-bond acceptors (Lipinski definition) is 2. The Labute approximate surface area is 146 Å². The Balaban J connectivity index is 1.57. The minimum atomic E-state index is 0.215. The number of thioether (sulfide) groups is 1. The van der Waals surface area contributed by atoms with Crippen molar-refractivity contribution >= 4 is 33.6 Å². The molecule has 120 valence electrons. The van der Waals surface area contributed by atoms with E-state index in [1.54, 1.807) is 0 Å². The van der Waals surface area contributed by atoms with Gasteiger partial charge >= 0.3 is 0 Å². The zero-order valence-electron chi connectivity index (χ0n) is 13.0. The molecule has 3 rings (SSSR count). The van der Waals surface area contributed by atoms with Crippen molar-refractivity contribution in [3.05, 3.63) is 34.3 Å². The topological polar surface area (TPSA) is 20.3 Å². The van der Waals surface area contributed by atoms with Gasteiger partial charge in [0.15, 0.2) is 0 Å². The Kier molecular flexibility index (Phi) is 5.86. The monoisotopic (exact) mass is 381 g/mol. The summed E-state index contributed by atoms with van der Waals surface area (Å²) >= 11 is 5.37. The van der Waals surface area contributed by atoms with E-state index in [2.05, 4.69) is 45.1 Å². The van der Waals surface area contributed by atoms with E-state index in [9.17, 15) is 4.79 Å². The van der Waals surface area contributed by atoms with E-state index in [1.165, 1.54) is 37.7 Å². The highest BCUT2D eigenvalue weighted by molar-refractivity contribution is 9.10. The quantitative estimate of drug-likeness (QED) is 0.697. The fourth-order valence-electron chi connectivity index (χ4n) is 3.58. The van der Waals surface area contributed by atoms with Crippen LogP contribution in [0, 0.1) is 5.92 Å². The summed E-state index contributed by atoms with van der Waals surface area (Å²) in [5, 5.41) is 0.215. The molecular weight excluding hydrogens is 358 g/mol. The number of nitrogens with zero attached hydrogens (tertiary/aromatic N) is 1. The minimum absolute atomic E-state index is 0.215. The van der Waals surface area contributed by atoms with Crippen molar-refractivity contribution in [2.24, 2.45) is 5.92 Å². The Morgan fingerprint density at radius 1 is 1.18 bits per heavy atom. The highest BCUT2D eigenvalue weighted by Crippen LogP contribution is 2.39. The molecular formula is C18H24BrNOS. The third kappa shape index (κ3) is 4.08. The maximum absolute atomic E-state index is 12.6. The van der Waals surface area contributed by atoms with Gasteiger partial charge < -0.3 is 4.90 Å². The van der Waals surface area contributed by atoms with E-state index in [1.807, 2.05) is 11.8 Å². The Morgan fingerprint density at radius 2 is 1.91 bits per heavy atom. The summed E-state index contributed by atoms with van der Waals surface area (Å²) in [4.78, 5) is 14.7. The van der Waals surface area contributed by atoms with E-state index in [0.29, 0.717) is 5.91 Å². The van der Waals surface area contributed by atoms with Crippen LogP contribution in [-0.2, 0) is 4.79 Å². The van der Waals surface area contributed by atoms with E-state index < -0.39 is 0 Å². The van der Waals surface area contributed by atoms with Crippen molar-refractivity contribution in [2.75, 3.05) is 12.3 Å². The Bertz CT molecular complexity index is 498. The first-order valence-electron chi connectivity index (χ1n) is 8.40. The number of benzene rings is 1. The van der Waals surface area contributed by atoms with Crippen LogP contribution in [-0.4, -0.2) is 23.1 Å². The van der Waals surface area contributed by atoms with Gasteiger partial charge in [-0.25, -0.2) is 0 Å². The minimum Gasteiger partial charge on any atom is -0.326 e. The molecule has 1 aliphatic heterocycles. The van der Waals surface area contributed by atoms with Crippen LogP contribution in [0.15, 0.2) is 28.7 Å². The van der Waals surface area contributed by atoms with Crippen LogP contribution in [0.3, 0.4) is 0 Å². The molecule has 1 aromatic carbocycles. The van der Waals surface area contributed by atoms with Crippen molar-refractivity contribution in [1.82, 2.24) is 4.90 Å². The lowest BCUT2D eigenvalue weighted by atomic mass is 9.86. The third-order valence-corrected chi connectivity index (χ3v) is 6.65. The molecule has 2 aliphatic rings. The van der Waals surface area contributed by atoms with Crippen LogP contribution in [0.1, 0.15) is 55.9 Å². The molecule has 0 radical (unpaired) electrons. The van der Waals surface area contributed by atoms with Crippen LogP contribution < -0.4 is 0 Å². The molecule has 0 N–H and O–H groups in total. The fourth-order valence-corrected chi connectivity index (χ4v) is 5.12. The van der Waals surface area contributed by atoms with Gasteiger partial charge in [-0.1, -0.05) is 60.2 Å². The number of halogens is 1. The number of carbonyl (C=O) groups is 1. The van der Waals surface area contributed by atoms with Crippen LogP contribution in [0.2, 0.25) is 0 Å². The van der Waals surface area contributed by atoms with Crippen LogP contribution in [0.25, 0.3) is 0 Å². The van der Waals surface area contributed by atoms with E-state index in [4.69, 9.17) is 0 Å². The molecule has 0 aromatic heterocycles. The molecule has 0 spiro atoms. The zero-order chi connectivity index (χ0) is 15.4. The van der Waals surface area contributed by atoms with Gasteiger partial charge in [0.25, 0.3) is 0 Å². The van der Waals surface area contributed by atoms with Gasteiger partial charge in [0, 0.05) is 23.2 Å². The molecule has 1 aliphatic carbocycles. The van der Waals surface area contributed by atoms with E-state index >= 15 is 0 Å². The van der Waals surface area contributed by atoms with E-state index in [-0.39, 0.29) is 5.37 Å². The van der Waals surface area contributed by atoms with Gasteiger partial charge in [-0.15, -0.1) is 11.8 Å². The van der Waals surface area contributed by atoms with Gasteiger partial charge in [-0.3, -0.25) is 4.79 Å². The fraction of sp³-hybridized carbons (Fsp3) is 0.611. The second-order valence-corrected chi connectivity index (χ2v) is 8.51. The molecule has 1 unspecified atom stereocenters. The van der Waals surface area contributed by atoms with Crippen molar-refractivity contribution in [2.45, 2.75) is 50.3 Å². The summed E-state index contributed by atoms with van der Waals surface area (Å²) in [6.45, 7) is 0.898. The number of carbonyl (C=O) groups excluding carboxylic acids is 1. The third-order valence-electron chi connectivity index (χ3n) is 4.86. The highest BCUT2D eigenvalue weighted by atomic mass is 79.9. The van der Waals surface area contributed by atoms with Crippen molar-refractivity contribution in [3.8, 4) is 0 Å². The molecule has 4 heteroatoms. The highest BCUT2D eigenvalue weighted by Gasteiger charge is 2.30. The molecule has 22 heavy (non-hydrogen) atoms. The maximum Gasteiger partial charge on any atom is 0.223 e. The van der Waals surface area contributed by atoms with Crippen molar-refractivity contribution in [3.63, 3.8) is 0 Å². The maximum atomic E-state index is 12.6. The standard InChI is InChI=1S/C18H24BrNOS/c19-16-9-7-15(8-10-16)18-20(12-13-22-18)17(21)11-6-14-4-2-1-3-5-14/h7-10,14,18H,1-6,11-13H2. The first-order chi connectivity index (χ1) is 10.7. The molecule has 1 atom stereocenters. The summed E-state index contributed by atoms with van der Waals surface area (Å²) in [5.74, 6) is 2.19. The first-order valence-corrected chi connectivity index (χ1v) is 10.2. The van der Waals surface area contributed by atoms with Gasteiger partial charge in [0.1, 0.15) is 5.37 Å². The van der Waals surface area contributed by atoms with Crippen LogP contribution in [0.4, 0.5) is 0 Å². The number of rotatable bonds is 4. The summed E-state index contributed by atoms with van der Waals surface area (Å²) < 4.78 is 1.09. The Morgan fingerprint density at radius 3 is 2.64 bits per heavy atom. The molecule has 0 bridgehead atoms. The second-order valence-electron chi connectivity index (χ2n) is 6.40. The molecule has 2 nitrogen and oxygen atoms in total. The van der Waals surface area contributed by atoms with Gasteiger partial charge in [0.05, 0.1) is 0 Å². The van der Waals surface area contributed by atoms with Crippen molar-refractivity contribution < 1.29 is 4.79 Å². The van der Waals surface area contributed by atoms with Crippen LogP contribution in [0.5, 0.6) is 0 Å². The van der Waals surface area contributed by atoms with Crippen LogP contribution >= 0.6 is 27.7 Å². The normalized spacial score (nSPS) is 23.0. The first kappa shape index (κ1) is 16.4. The van der Waals surface area contributed by atoms with Gasteiger partial charge in [-0.2, -0.15) is 0 Å². The lowest BCUT2D eigenvalue weighted by Gasteiger charge is -2.26. The number of hydrogen-bond donors (Lipinski definition) is 0. The summed E-state index contributed by atoms with van der Waals surface area (Å²) in [7, 11) is 0. The summed E-state index contributed by atoms with van der Waals surface area (Å²) in [6, 6.07) is 8.40. The number of amides is 1.